The fraction of sp³-hybridized carbons (Fsp3) is 0.444. The number of nitrogens with zero attached hydrogens (tertiary/aromatic N) is 4. The van der Waals surface area contributed by atoms with E-state index in [1.54, 1.807) is 17.8 Å². The maximum absolute atomic E-state index is 13.1. The Hall–Kier alpha value is -1.39. The lowest BCUT2D eigenvalue weighted by molar-refractivity contribution is -0.00800. The summed E-state index contributed by atoms with van der Waals surface area (Å²) in [4.78, 5) is 6.55. The number of aryl methyl sites for hydroxylation is 1. The molecule has 9 heteroatoms. The summed E-state index contributed by atoms with van der Waals surface area (Å²) in [6.45, 7) is 2.77. The standard InChI is InChI=1S/C18H23ClFN5O.HI/c1-21-18(22-6-5-13-3-4-15(20)9-16(13)19)25-7-8-26-17(12-25)14-10-23-24(2)11-14;/h3-4,9-11,17H,5-8,12H2,1-2H3,(H,21,22);1H. The highest BCUT2D eigenvalue weighted by molar-refractivity contribution is 14.0. The van der Waals surface area contributed by atoms with Gasteiger partial charge in [0.25, 0.3) is 0 Å². The van der Waals surface area contributed by atoms with Crippen LogP contribution in [-0.2, 0) is 18.2 Å². The molecular formula is C18H24ClFIN5O. The van der Waals surface area contributed by atoms with Gasteiger partial charge in [-0.05, 0) is 24.1 Å². The van der Waals surface area contributed by atoms with Crippen molar-refractivity contribution < 1.29 is 9.13 Å². The summed E-state index contributed by atoms with van der Waals surface area (Å²) < 4.78 is 20.8. The second-order valence-electron chi connectivity index (χ2n) is 6.21. The maximum atomic E-state index is 13.1. The van der Waals surface area contributed by atoms with Crippen molar-refractivity contribution in [1.82, 2.24) is 20.0 Å². The van der Waals surface area contributed by atoms with Crippen LogP contribution in [-0.4, -0.2) is 53.9 Å². The molecule has 1 saturated heterocycles. The minimum absolute atomic E-state index is 0. The van der Waals surface area contributed by atoms with E-state index in [2.05, 4.69) is 20.3 Å². The van der Waals surface area contributed by atoms with Gasteiger partial charge in [-0.3, -0.25) is 9.67 Å². The fourth-order valence-electron chi connectivity index (χ4n) is 3.02. The topological polar surface area (TPSA) is 54.7 Å². The average molecular weight is 508 g/mol. The summed E-state index contributed by atoms with van der Waals surface area (Å²) in [5.41, 5.74) is 1.97. The molecule has 1 N–H and O–H groups in total. The third kappa shape index (κ3) is 5.79. The molecule has 148 valence electrons. The van der Waals surface area contributed by atoms with Crippen LogP contribution in [0.2, 0.25) is 5.02 Å². The van der Waals surface area contributed by atoms with Gasteiger partial charge in [0, 0.05) is 44.0 Å². The second-order valence-corrected chi connectivity index (χ2v) is 6.62. The quantitative estimate of drug-likeness (QED) is 0.393. The predicted molar refractivity (Wildman–Crippen MR) is 115 cm³/mol. The zero-order valence-corrected chi connectivity index (χ0v) is 18.4. The van der Waals surface area contributed by atoms with E-state index in [0.717, 1.165) is 23.6 Å². The Morgan fingerprint density at radius 3 is 2.96 bits per heavy atom. The number of morpholine rings is 1. The van der Waals surface area contributed by atoms with E-state index in [9.17, 15) is 4.39 Å². The summed E-state index contributed by atoms with van der Waals surface area (Å²) in [5.74, 6) is 0.498. The van der Waals surface area contributed by atoms with Crippen molar-refractivity contribution in [2.45, 2.75) is 12.5 Å². The Labute approximate surface area is 180 Å². The smallest absolute Gasteiger partial charge is 0.193 e. The van der Waals surface area contributed by atoms with Crippen molar-refractivity contribution in [3.63, 3.8) is 0 Å². The monoisotopic (exact) mass is 507 g/mol. The summed E-state index contributed by atoms with van der Waals surface area (Å²) in [6, 6.07) is 4.48. The fourth-order valence-corrected chi connectivity index (χ4v) is 3.28. The molecule has 27 heavy (non-hydrogen) atoms. The minimum atomic E-state index is -0.322. The van der Waals surface area contributed by atoms with Crippen LogP contribution >= 0.6 is 35.6 Å². The second kappa shape index (κ2) is 10.2. The number of rotatable bonds is 4. The van der Waals surface area contributed by atoms with Crippen LogP contribution in [0.25, 0.3) is 0 Å². The van der Waals surface area contributed by atoms with E-state index in [-0.39, 0.29) is 35.9 Å². The third-order valence-corrected chi connectivity index (χ3v) is 4.72. The summed E-state index contributed by atoms with van der Waals surface area (Å²) in [5, 5.41) is 8.02. The lowest BCUT2D eigenvalue weighted by atomic mass is 10.1. The number of hydrogen-bond donors (Lipinski definition) is 1. The molecule has 0 spiro atoms. The number of aliphatic imine (C=N–C) groups is 1. The molecule has 0 radical (unpaired) electrons. The number of hydrogen-bond acceptors (Lipinski definition) is 3. The lowest BCUT2D eigenvalue weighted by Crippen LogP contribution is -2.48. The summed E-state index contributed by atoms with van der Waals surface area (Å²) in [6.07, 6.45) is 4.47. The lowest BCUT2D eigenvalue weighted by Gasteiger charge is -2.34. The molecule has 0 aliphatic carbocycles. The van der Waals surface area contributed by atoms with Crippen LogP contribution in [0.5, 0.6) is 0 Å². The van der Waals surface area contributed by atoms with Crippen LogP contribution in [0.15, 0.2) is 35.6 Å². The van der Waals surface area contributed by atoms with Crippen molar-refractivity contribution in [3.8, 4) is 0 Å². The number of halogens is 3. The molecule has 0 bridgehead atoms. The van der Waals surface area contributed by atoms with E-state index in [0.29, 0.717) is 31.1 Å². The van der Waals surface area contributed by atoms with Gasteiger partial charge in [0.1, 0.15) is 11.9 Å². The van der Waals surface area contributed by atoms with Gasteiger partial charge in [-0.15, -0.1) is 24.0 Å². The molecule has 1 unspecified atom stereocenters. The highest BCUT2D eigenvalue weighted by Crippen LogP contribution is 2.22. The van der Waals surface area contributed by atoms with Crippen molar-refractivity contribution in [3.05, 3.63) is 52.6 Å². The number of guanidine groups is 1. The van der Waals surface area contributed by atoms with E-state index in [1.165, 1.54) is 12.1 Å². The van der Waals surface area contributed by atoms with Crippen molar-refractivity contribution in [2.75, 3.05) is 33.3 Å². The van der Waals surface area contributed by atoms with E-state index in [4.69, 9.17) is 16.3 Å². The van der Waals surface area contributed by atoms with Gasteiger partial charge < -0.3 is 15.0 Å². The van der Waals surface area contributed by atoms with Gasteiger partial charge in [-0.25, -0.2) is 4.39 Å². The van der Waals surface area contributed by atoms with E-state index < -0.39 is 0 Å². The first-order chi connectivity index (χ1) is 12.6. The molecule has 2 heterocycles. The zero-order valence-electron chi connectivity index (χ0n) is 15.4. The van der Waals surface area contributed by atoms with Gasteiger partial charge in [-0.1, -0.05) is 17.7 Å². The van der Waals surface area contributed by atoms with E-state index >= 15 is 0 Å². The van der Waals surface area contributed by atoms with Gasteiger partial charge >= 0.3 is 0 Å². The van der Waals surface area contributed by atoms with Crippen LogP contribution in [0.4, 0.5) is 4.39 Å². The molecule has 3 rings (SSSR count). The van der Waals surface area contributed by atoms with Crippen LogP contribution in [0, 0.1) is 5.82 Å². The van der Waals surface area contributed by atoms with Crippen LogP contribution in [0.1, 0.15) is 17.2 Å². The Balaban J connectivity index is 0.00000261. The largest absolute Gasteiger partial charge is 0.370 e. The van der Waals surface area contributed by atoms with E-state index in [1.807, 2.05) is 19.4 Å². The minimum Gasteiger partial charge on any atom is -0.370 e. The zero-order chi connectivity index (χ0) is 18.5. The summed E-state index contributed by atoms with van der Waals surface area (Å²) >= 11 is 6.08. The molecule has 1 aliphatic rings. The molecule has 0 amide bonds. The van der Waals surface area contributed by atoms with Crippen molar-refractivity contribution >= 4 is 41.5 Å². The van der Waals surface area contributed by atoms with Gasteiger partial charge in [0.05, 0.1) is 19.3 Å². The van der Waals surface area contributed by atoms with Crippen molar-refractivity contribution in [1.29, 1.82) is 0 Å². The van der Waals surface area contributed by atoms with Crippen LogP contribution < -0.4 is 5.32 Å². The molecule has 1 aromatic carbocycles. The van der Waals surface area contributed by atoms with Crippen LogP contribution in [0.3, 0.4) is 0 Å². The normalized spacial score (nSPS) is 17.6. The molecule has 1 fully saturated rings. The Morgan fingerprint density at radius 1 is 1.48 bits per heavy atom. The molecule has 1 atom stereocenters. The Morgan fingerprint density at radius 2 is 2.30 bits per heavy atom. The highest BCUT2D eigenvalue weighted by atomic mass is 127. The number of benzene rings is 1. The number of ether oxygens (including phenoxy) is 1. The Bertz CT molecular complexity index is 785. The highest BCUT2D eigenvalue weighted by Gasteiger charge is 2.25. The first-order valence-electron chi connectivity index (χ1n) is 8.56. The first kappa shape index (κ1) is 21.9. The number of nitrogens with one attached hydrogen (secondary N) is 1. The Kier molecular flexibility index (Phi) is 8.30. The van der Waals surface area contributed by atoms with Gasteiger partial charge in [-0.2, -0.15) is 5.10 Å². The third-order valence-electron chi connectivity index (χ3n) is 4.37. The first-order valence-corrected chi connectivity index (χ1v) is 8.94. The molecule has 0 saturated carbocycles. The SMILES string of the molecule is CN=C(NCCc1ccc(F)cc1Cl)N1CCOC(c2cnn(C)c2)C1.I. The average Bonchev–Trinajstić information content (AvgIpc) is 3.07. The molecule has 2 aromatic rings. The molecule has 6 nitrogen and oxygen atoms in total. The summed E-state index contributed by atoms with van der Waals surface area (Å²) in [7, 11) is 3.66. The predicted octanol–water partition coefficient (Wildman–Crippen LogP) is 3.02. The molecule has 1 aliphatic heterocycles. The number of aromatic nitrogens is 2. The maximum Gasteiger partial charge on any atom is 0.193 e. The van der Waals surface area contributed by atoms with Gasteiger partial charge in [0.2, 0.25) is 0 Å². The van der Waals surface area contributed by atoms with Crippen molar-refractivity contribution in [2.24, 2.45) is 12.0 Å². The molecule has 1 aromatic heterocycles. The van der Waals surface area contributed by atoms with Gasteiger partial charge in [0.15, 0.2) is 5.96 Å². The molecular weight excluding hydrogens is 484 g/mol.